The monoisotopic (exact) mass is 282 g/mol. The number of nitrogens with one attached hydrogen (secondary N) is 1. The molecule has 0 atom stereocenters. The van der Waals surface area contributed by atoms with Gasteiger partial charge in [0.2, 0.25) is 0 Å². The molecule has 1 aromatic carbocycles. The number of hydrogen-bond donors (Lipinski definition) is 2. The molecular weight excluding hydrogens is 264 g/mol. The van der Waals surface area contributed by atoms with E-state index in [9.17, 15) is 5.11 Å². The van der Waals surface area contributed by atoms with Crippen LogP contribution in [0.3, 0.4) is 0 Å². The van der Waals surface area contributed by atoms with Crippen molar-refractivity contribution in [1.29, 1.82) is 0 Å². The molecule has 2 heterocycles. The van der Waals surface area contributed by atoms with Crippen molar-refractivity contribution in [2.24, 2.45) is 0 Å². The van der Waals surface area contributed by atoms with Crippen LogP contribution in [-0.2, 0) is 6.54 Å². The topological polar surface area (TPSA) is 62.5 Å². The van der Waals surface area contributed by atoms with E-state index in [1.807, 2.05) is 35.0 Å². The highest BCUT2D eigenvalue weighted by Crippen LogP contribution is 2.22. The van der Waals surface area contributed by atoms with Crippen LogP contribution in [0.5, 0.6) is 5.75 Å². The zero-order valence-electron chi connectivity index (χ0n) is 12.1. The zero-order chi connectivity index (χ0) is 14.8. The molecule has 2 aromatic heterocycles. The normalized spacial score (nSPS) is 11.2. The molecule has 5 heteroatoms. The third-order valence-electron chi connectivity index (χ3n) is 3.44. The standard InChI is InChI=1S/C16H18N4O/c1-11(2)13-9-14-16(17-7-8-20(14)19-13)18-10-12-5-3-4-6-15(12)21/h3-9,11,21H,10H2,1-2H3,(H,17,18). The Balaban J connectivity index is 1.88. The Labute approximate surface area is 123 Å². The molecule has 0 fully saturated rings. The molecule has 0 radical (unpaired) electrons. The molecule has 0 amide bonds. The van der Waals surface area contributed by atoms with Gasteiger partial charge in [-0.15, -0.1) is 0 Å². The Kier molecular flexibility index (Phi) is 3.48. The van der Waals surface area contributed by atoms with Crippen LogP contribution >= 0.6 is 0 Å². The van der Waals surface area contributed by atoms with Crippen LogP contribution in [0.25, 0.3) is 5.52 Å². The van der Waals surface area contributed by atoms with Crippen molar-refractivity contribution in [2.45, 2.75) is 26.3 Å². The van der Waals surface area contributed by atoms with E-state index in [0.717, 1.165) is 22.6 Å². The van der Waals surface area contributed by atoms with Crippen molar-refractivity contribution in [3.63, 3.8) is 0 Å². The number of phenols is 1. The molecule has 0 unspecified atom stereocenters. The Bertz CT molecular complexity index is 764. The molecular formula is C16H18N4O. The lowest BCUT2D eigenvalue weighted by Gasteiger charge is -2.08. The molecule has 0 aliphatic carbocycles. The first kappa shape index (κ1) is 13.4. The number of nitrogens with zero attached hydrogens (tertiary/aromatic N) is 3. The molecule has 0 saturated carbocycles. The van der Waals surface area contributed by atoms with E-state index < -0.39 is 0 Å². The first-order valence-electron chi connectivity index (χ1n) is 7.00. The number of aromatic nitrogens is 3. The Morgan fingerprint density at radius 2 is 2.10 bits per heavy atom. The van der Waals surface area contributed by atoms with Crippen molar-refractivity contribution >= 4 is 11.3 Å². The Morgan fingerprint density at radius 1 is 1.29 bits per heavy atom. The van der Waals surface area contributed by atoms with Gasteiger partial charge >= 0.3 is 0 Å². The Hall–Kier alpha value is -2.56. The van der Waals surface area contributed by atoms with Gasteiger partial charge in [-0.3, -0.25) is 0 Å². The fourth-order valence-electron chi connectivity index (χ4n) is 2.20. The SMILES string of the molecule is CC(C)c1cc2c(NCc3ccccc3O)nccn2n1. The van der Waals surface area contributed by atoms with Gasteiger partial charge in [0.15, 0.2) is 5.82 Å². The first-order valence-corrected chi connectivity index (χ1v) is 7.00. The zero-order valence-corrected chi connectivity index (χ0v) is 12.1. The highest BCUT2D eigenvalue weighted by Gasteiger charge is 2.10. The summed E-state index contributed by atoms with van der Waals surface area (Å²) in [5.41, 5.74) is 2.81. The lowest BCUT2D eigenvalue weighted by atomic mass is 10.1. The van der Waals surface area contributed by atoms with Crippen LogP contribution in [0.4, 0.5) is 5.82 Å². The van der Waals surface area contributed by atoms with Gasteiger partial charge in [-0.25, -0.2) is 9.50 Å². The number of phenolic OH excluding ortho intramolecular Hbond substituents is 1. The van der Waals surface area contributed by atoms with Gasteiger partial charge in [0.1, 0.15) is 11.3 Å². The summed E-state index contributed by atoms with van der Waals surface area (Å²) in [5, 5.41) is 17.6. The number of anilines is 1. The molecule has 5 nitrogen and oxygen atoms in total. The molecule has 0 saturated heterocycles. The number of aromatic hydroxyl groups is 1. The summed E-state index contributed by atoms with van der Waals surface area (Å²) in [6.07, 6.45) is 3.56. The van der Waals surface area contributed by atoms with Crippen LogP contribution in [0, 0.1) is 0 Å². The van der Waals surface area contributed by atoms with Crippen LogP contribution in [0.1, 0.15) is 31.0 Å². The molecule has 0 bridgehead atoms. The Morgan fingerprint density at radius 3 is 2.86 bits per heavy atom. The van der Waals surface area contributed by atoms with Gasteiger partial charge in [-0.2, -0.15) is 5.10 Å². The van der Waals surface area contributed by atoms with Gasteiger partial charge in [-0.05, 0) is 18.1 Å². The number of hydrogen-bond acceptors (Lipinski definition) is 4. The second kappa shape index (κ2) is 5.44. The first-order chi connectivity index (χ1) is 10.1. The summed E-state index contributed by atoms with van der Waals surface area (Å²) in [4.78, 5) is 4.37. The largest absolute Gasteiger partial charge is 0.508 e. The maximum absolute atomic E-state index is 9.80. The highest BCUT2D eigenvalue weighted by atomic mass is 16.3. The predicted molar refractivity (Wildman–Crippen MR) is 82.5 cm³/mol. The summed E-state index contributed by atoms with van der Waals surface area (Å²) in [6.45, 7) is 4.75. The lowest BCUT2D eigenvalue weighted by molar-refractivity contribution is 0.469. The highest BCUT2D eigenvalue weighted by molar-refractivity contribution is 5.68. The van der Waals surface area contributed by atoms with E-state index >= 15 is 0 Å². The molecule has 0 spiro atoms. The van der Waals surface area contributed by atoms with E-state index in [1.165, 1.54) is 0 Å². The number of rotatable bonds is 4. The van der Waals surface area contributed by atoms with Gasteiger partial charge in [0, 0.05) is 24.5 Å². The molecule has 0 aliphatic heterocycles. The van der Waals surface area contributed by atoms with Gasteiger partial charge in [-0.1, -0.05) is 32.0 Å². The fourth-order valence-corrected chi connectivity index (χ4v) is 2.20. The second-order valence-corrected chi connectivity index (χ2v) is 5.31. The predicted octanol–water partition coefficient (Wildman–Crippen LogP) is 3.17. The average Bonchev–Trinajstić information content (AvgIpc) is 2.91. The summed E-state index contributed by atoms with van der Waals surface area (Å²) < 4.78 is 1.83. The molecule has 0 aliphatic rings. The quantitative estimate of drug-likeness (QED) is 0.771. The van der Waals surface area contributed by atoms with Crippen LogP contribution in [0.2, 0.25) is 0 Å². The van der Waals surface area contributed by atoms with Gasteiger partial charge < -0.3 is 10.4 Å². The number of fused-ring (bicyclic) bond motifs is 1. The van der Waals surface area contributed by atoms with E-state index in [2.05, 4.69) is 29.2 Å². The van der Waals surface area contributed by atoms with E-state index in [4.69, 9.17) is 0 Å². The summed E-state index contributed by atoms with van der Waals surface area (Å²) in [5.74, 6) is 1.42. The van der Waals surface area contributed by atoms with Crippen LogP contribution in [-0.4, -0.2) is 19.7 Å². The van der Waals surface area contributed by atoms with Crippen molar-refractivity contribution < 1.29 is 5.11 Å². The smallest absolute Gasteiger partial charge is 0.152 e. The van der Waals surface area contributed by atoms with Gasteiger partial charge in [0.25, 0.3) is 0 Å². The van der Waals surface area contributed by atoms with E-state index in [0.29, 0.717) is 12.5 Å². The van der Waals surface area contributed by atoms with E-state index in [1.54, 1.807) is 12.3 Å². The average molecular weight is 282 g/mol. The molecule has 108 valence electrons. The summed E-state index contributed by atoms with van der Waals surface area (Å²) >= 11 is 0. The number of para-hydroxylation sites is 1. The molecule has 3 aromatic rings. The van der Waals surface area contributed by atoms with E-state index in [-0.39, 0.29) is 5.75 Å². The summed E-state index contributed by atoms with van der Waals surface area (Å²) in [6, 6.07) is 9.33. The summed E-state index contributed by atoms with van der Waals surface area (Å²) in [7, 11) is 0. The molecule has 21 heavy (non-hydrogen) atoms. The second-order valence-electron chi connectivity index (χ2n) is 5.31. The lowest BCUT2D eigenvalue weighted by Crippen LogP contribution is -2.03. The van der Waals surface area contributed by atoms with Crippen molar-refractivity contribution in [1.82, 2.24) is 14.6 Å². The molecule has 2 N–H and O–H groups in total. The van der Waals surface area contributed by atoms with Crippen molar-refractivity contribution in [2.75, 3.05) is 5.32 Å². The maximum Gasteiger partial charge on any atom is 0.152 e. The minimum absolute atomic E-state index is 0.285. The van der Waals surface area contributed by atoms with Crippen LogP contribution < -0.4 is 5.32 Å². The van der Waals surface area contributed by atoms with Crippen LogP contribution in [0.15, 0.2) is 42.7 Å². The van der Waals surface area contributed by atoms with Crippen molar-refractivity contribution in [3.8, 4) is 5.75 Å². The minimum Gasteiger partial charge on any atom is -0.508 e. The third-order valence-corrected chi connectivity index (χ3v) is 3.44. The van der Waals surface area contributed by atoms with Crippen molar-refractivity contribution in [3.05, 3.63) is 54.0 Å². The number of benzene rings is 1. The minimum atomic E-state index is 0.285. The maximum atomic E-state index is 9.80. The van der Waals surface area contributed by atoms with Gasteiger partial charge in [0.05, 0.1) is 5.69 Å². The third kappa shape index (κ3) is 2.67. The fraction of sp³-hybridized carbons (Fsp3) is 0.250. The molecule has 3 rings (SSSR count).